The lowest BCUT2D eigenvalue weighted by Gasteiger charge is -2.09. The zero-order chi connectivity index (χ0) is 23.3. The molecule has 2 aromatic carbocycles. The molecule has 0 fully saturated rings. The first-order chi connectivity index (χ1) is 16.7. The minimum Gasteiger partial charge on any atom is -0.454 e. The van der Waals surface area contributed by atoms with Crippen molar-refractivity contribution in [3.63, 3.8) is 0 Å². The van der Waals surface area contributed by atoms with Gasteiger partial charge in [0, 0.05) is 16.6 Å². The summed E-state index contributed by atoms with van der Waals surface area (Å²) in [5.74, 6) is 1.21. The predicted octanol–water partition coefficient (Wildman–Crippen LogP) is 4.61. The highest BCUT2D eigenvalue weighted by Crippen LogP contribution is 2.34. The second-order valence-corrected chi connectivity index (χ2v) is 8.93. The van der Waals surface area contributed by atoms with Crippen molar-refractivity contribution in [3.8, 4) is 22.2 Å². The quantitative estimate of drug-likeness (QED) is 0.276. The second-order valence-electron chi connectivity index (χ2n) is 6.97. The lowest BCUT2D eigenvalue weighted by molar-refractivity contribution is -0.113. The first-order valence-electron chi connectivity index (χ1n) is 10.1. The third-order valence-corrected chi connectivity index (χ3v) is 6.60. The number of hydrogen-bond donors (Lipinski definition) is 1. The van der Waals surface area contributed by atoms with Crippen molar-refractivity contribution in [2.45, 2.75) is 11.5 Å². The summed E-state index contributed by atoms with van der Waals surface area (Å²) in [6.07, 6.45) is 0. The Morgan fingerprint density at radius 1 is 1.09 bits per heavy atom. The normalized spacial score (nSPS) is 11.9. The Bertz CT molecular complexity index is 1320. The summed E-state index contributed by atoms with van der Waals surface area (Å²) in [6, 6.07) is 15.9. The van der Waals surface area contributed by atoms with Crippen molar-refractivity contribution in [2.75, 3.05) is 17.9 Å². The Hall–Kier alpha value is -3.83. The van der Waals surface area contributed by atoms with Crippen molar-refractivity contribution >= 4 is 40.7 Å². The van der Waals surface area contributed by atoms with Crippen molar-refractivity contribution in [1.29, 1.82) is 0 Å². The lowest BCUT2D eigenvalue weighted by Crippen LogP contribution is -2.14. The van der Waals surface area contributed by atoms with Crippen molar-refractivity contribution in [3.05, 3.63) is 71.4 Å². The Labute approximate surface area is 202 Å². The molecule has 3 heterocycles. The molecular weight excluding hydrogens is 478 g/mol. The Morgan fingerprint density at radius 2 is 1.97 bits per heavy atom. The highest BCUT2D eigenvalue weighted by atomic mass is 32.2. The van der Waals surface area contributed by atoms with E-state index >= 15 is 0 Å². The van der Waals surface area contributed by atoms with Gasteiger partial charge in [0.15, 0.2) is 18.1 Å². The van der Waals surface area contributed by atoms with Crippen LogP contribution in [0.15, 0.2) is 69.4 Å². The number of benzene rings is 2. The van der Waals surface area contributed by atoms with E-state index in [4.69, 9.17) is 18.7 Å². The fraction of sp³-hybridized carbons (Fsp3) is 0.130. The summed E-state index contributed by atoms with van der Waals surface area (Å²) < 4.78 is 21.1. The van der Waals surface area contributed by atoms with Crippen LogP contribution >= 0.6 is 23.1 Å². The van der Waals surface area contributed by atoms with Crippen molar-refractivity contribution in [1.82, 2.24) is 10.1 Å². The van der Waals surface area contributed by atoms with Crippen LogP contribution in [0.3, 0.4) is 0 Å². The van der Waals surface area contributed by atoms with Crippen LogP contribution in [0.25, 0.3) is 10.7 Å². The molecule has 4 aromatic rings. The smallest absolute Gasteiger partial charge is 0.339 e. The van der Waals surface area contributed by atoms with E-state index in [1.165, 1.54) is 23.1 Å². The van der Waals surface area contributed by atoms with Gasteiger partial charge in [-0.2, -0.15) is 4.98 Å². The molecule has 1 aliphatic heterocycles. The molecule has 1 N–H and O–H groups in total. The van der Waals surface area contributed by atoms with Gasteiger partial charge in [-0.05, 0) is 35.7 Å². The second kappa shape index (κ2) is 9.98. The Balaban J connectivity index is 1.17. The molecule has 0 unspecified atom stereocenters. The summed E-state index contributed by atoms with van der Waals surface area (Å²) in [5.41, 5.74) is 0.949. The van der Waals surface area contributed by atoms with Gasteiger partial charge >= 0.3 is 5.97 Å². The minimum atomic E-state index is -0.546. The maximum Gasteiger partial charge on any atom is 0.339 e. The molecule has 172 valence electrons. The topological polar surface area (TPSA) is 113 Å². The van der Waals surface area contributed by atoms with Gasteiger partial charge in [0.05, 0.1) is 16.2 Å². The third-order valence-electron chi connectivity index (χ3n) is 4.66. The van der Waals surface area contributed by atoms with Crippen molar-refractivity contribution in [2.24, 2.45) is 0 Å². The maximum atomic E-state index is 12.7. The van der Waals surface area contributed by atoms with Crippen LogP contribution < -0.4 is 14.8 Å². The van der Waals surface area contributed by atoms with Crippen LogP contribution in [-0.4, -0.2) is 34.6 Å². The molecule has 34 heavy (non-hydrogen) atoms. The highest BCUT2D eigenvalue weighted by molar-refractivity contribution is 8.00. The van der Waals surface area contributed by atoms with E-state index in [0.29, 0.717) is 33.5 Å². The number of nitrogens with zero attached hydrogens (tertiary/aromatic N) is 2. The van der Waals surface area contributed by atoms with Crippen LogP contribution in [0, 0.1) is 0 Å². The molecule has 1 amide bonds. The van der Waals surface area contributed by atoms with Gasteiger partial charge in [0.1, 0.15) is 0 Å². The van der Waals surface area contributed by atoms with Gasteiger partial charge in [-0.3, -0.25) is 4.79 Å². The number of nitrogens with one attached hydrogen (secondary N) is 1. The molecule has 0 radical (unpaired) electrons. The molecule has 0 bridgehead atoms. The van der Waals surface area contributed by atoms with E-state index in [-0.39, 0.29) is 31.0 Å². The zero-order valence-corrected chi connectivity index (χ0v) is 19.2. The largest absolute Gasteiger partial charge is 0.454 e. The minimum absolute atomic E-state index is 0.104. The summed E-state index contributed by atoms with van der Waals surface area (Å²) in [7, 11) is 0. The number of thioether (sulfide) groups is 1. The summed E-state index contributed by atoms with van der Waals surface area (Å²) in [5, 5.41) is 8.62. The molecule has 0 saturated carbocycles. The van der Waals surface area contributed by atoms with Gasteiger partial charge in [0.25, 0.3) is 5.89 Å². The predicted molar refractivity (Wildman–Crippen MR) is 125 cm³/mol. The number of ether oxygens (including phenoxy) is 3. The molecule has 0 saturated heterocycles. The standard InChI is InChI=1S/C23H17N3O6S2/c27-20(24-14-7-8-16-17(10-14)31-13-30-16)12-34-18-5-2-1-4-15(18)23(28)29-11-21-25-22(26-32-21)19-6-3-9-33-19/h1-10H,11-13H2,(H,24,27). The third kappa shape index (κ3) is 5.05. The van der Waals surface area contributed by atoms with Crippen LogP contribution in [0.5, 0.6) is 11.5 Å². The van der Waals surface area contributed by atoms with Crippen LogP contribution in [0.2, 0.25) is 0 Å². The maximum absolute atomic E-state index is 12.7. The molecule has 2 aromatic heterocycles. The molecule has 5 rings (SSSR count). The Morgan fingerprint density at radius 3 is 2.85 bits per heavy atom. The van der Waals surface area contributed by atoms with Crippen LogP contribution in [-0.2, 0) is 16.1 Å². The SMILES string of the molecule is O=C(CSc1ccccc1C(=O)OCc1nc(-c2cccs2)no1)Nc1ccc2c(c1)OCO2. The molecule has 11 heteroatoms. The van der Waals surface area contributed by atoms with E-state index in [0.717, 1.165) is 4.88 Å². The van der Waals surface area contributed by atoms with Gasteiger partial charge in [-0.25, -0.2) is 4.79 Å². The number of hydrogen-bond acceptors (Lipinski definition) is 10. The van der Waals surface area contributed by atoms with Gasteiger partial charge in [-0.1, -0.05) is 23.4 Å². The average Bonchev–Trinajstić information content (AvgIpc) is 3.62. The average molecular weight is 496 g/mol. The molecule has 0 aliphatic carbocycles. The highest BCUT2D eigenvalue weighted by Gasteiger charge is 2.18. The number of carbonyl (C=O) groups excluding carboxylic acids is 2. The number of carbonyl (C=O) groups is 2. The van der Waals surface area contributed by atoms with E-state index in [1.807, 2.05) is 17.5 Å². The number of thiophene rings is 1. The monoisotopic (exact) mass is 495 g/mol. The lowest BCUT2D eigenvalue weighted by atomic mass is 10.2. The number of fused-ring (bicyclic) bond motifs is 1. The molecule has 0 spiro atoms. The van der Waals surface area contributed by atoms with Gasteiger partial charge in [0.2, 0.25) is 18.5 Å². The van der Waals surface area contributed by atoms with E-state index in [9.17, 15) is 9.59 Å². The fourth-order valence-electron chi connectivity index (χ4n) is 3.10. The van der Waals surface area contributed by atoms with E-state index in [2.05, 4.69) is 15.5 Å². The first-order valence-corrected chi connectivity index (χ1v) is 12.0. The number of rotatable bonds is 8. The summed E-state index contributed by atoms with van der Waals surface area (Å²) in [6.45, 7) is 0.0125. The van der Waals surface area contributed by atoms with Crippen molar-refractivity contribution < 1.29 is 28.3 Å². The number of aromatic nitrogens is 2. The zero-order valence-electron chi connectivity index (χ0n) is 17.6. The van der Waals surface area contributed by atoms with Gasteiger partial charge < -0.3 is 24.1 Å². The molecule has 1 aliphatic rings. The molecule has 9 nitrogen and oxygen atoms in total. The first kappa shape index (κ1) is 22.0. The number of esters is 1. The number of anilines is 1. The fourth-order valence-corrected chi connectivity index (χ4v) is 4.59. The van der Waals surface area contributed by atoms with E-state index < -0.39 is 5.97 Å². The summed E-state index contributed by atoms with van der Waals surface area (Å²) >= 11 is 2.72. The van der Waals surface area contributed by atoms with Crippen LogP contribution in [0.4, 0.5) is 5.69 Å². The summed E-state index contributed by atoms with van der Waals surface area (Å²) in [4.78, 5) is 30.8. The molecule has 0 atom stereocenters. The Kier molecular flexibility index (Phi) is 6.45. The molecular formula is C23H17N3O6S2. The number of amides is 1. The van der Waals surface area contributed by atoms with Gasteiger partial charge in [-0.15, -0.1) is 23.1 Å². The van der Waals surface area contributed by atoms with Crippen LogP contribution in [0.1, 0.15) is 16.2 Å². The van der Waals surface area contributed by atoms with E-state index in [1.54, 1.807) is 42.5 Å².